The van der Waals surface area contributed by atoms with E-state index in [1.54, 1.807) is 11.3 Å². The molecule has 3 nitrogen and oxygen atoms in total. The minimum Gasteiger partial charge on any atom is -0.340 e. The Morgan fingerprint density at radius 3 is 3.12 bits per heavy atom. The van der Waals surface area contributed by atoms with Gasteiger partial charge in [-0.3, -0.25) is 4.79 Å². The molecule has 2 rings (SSSR count). The summed E-state index contributed by atoms with van der Waals surface area (Å²) in [7, 11) is 0. The molecule has 1 atom stereocenters. The molecule has 1 unspecified atom stereocenters. The first kappa shape index (κ1) is 14.5. The molecule has 5 heteroatoms. The van der Waals surface area contributed by atoms with Gasteiger partial charge in [-0.15, -0.1) is 23.7 Å². The van der Waals surface area contributed by atoms with Crippen LogP contribution in [0.5, 0.6) is 0 Å². The lowest BCUT2D eigenvalue weighted by Gasteiger charge is -2.31. The number of rotatable bonds is 3. The number of nitrogens with one attached hydrogen (secondary N) is 1. The number of nitrogens with zero attached hydrogens (tertiary/aromatic N) is 1. The Labute approximate surface area is 113 Å². The molecule has 1 saturated heterocycles. The average molecular weight is 275 g/mol. The lowest BCUT2D eigenvalue weighted by atomic mass is 10.2. The van der Waals surface area contributed by atoms with Crippen molar-refractivity contribution >= 4 is 29.7 Å². The van der Waals surface area contributed by atoms with Gasteiger partial charge in [0.05, 0.1) is 0 Å². The summed E-state index contributed by atoms with van der Waals surface area (Å²) in [6.45, 7) is 4.75. The maximum Gasteiger partial charge on any atom is 0.223 e. The molecule has 1 aliphatic rings. The summed E-state index contributed by atoms with van der Waals surface area (Å²) >= 11 is 1.73. The third kappa shape index (κ3) is 4.30. The second kappa shape index (κ2) is 6.99. The van der Waals surface area contributed by atoms with Crippen LogP contribution in [0, 0.1) is 0 Å². The standard InChI is InChI=1S/C12H18N2OS.ClH/c1-10-9-14(7-6-13-10)12(15)5-4-11-3-2-8-16-11;/h2-3,8,10,13H,4-7,9H2,1H3;1H. The summed E-state index contributed by atoms with van der Waals surface area (Å²) in [4.78, 5) is 15.2. The molecule has 1 aliphatic heterocycles. The SMILES string of the molecule is CC1CN(C(=O)CCc2cccs2)CCN1.Cl. The molecule has 0 aliphatic carbocycles. The molecular formula is C12H19ClN2OS. The maximum atomic E-state index is 11.9. The molecular weight excluding hydrogens is 256 g/mol. The van der Waals surface area contributed by atoms with Gasteiger partial charge in [0.25, 0.3) is 0 Å². The van der Waals surface area contributed by atoms with E-state index in [4.69, 9.17) is 0 Å². The van der Waals surface area contributed by atoms with E-state index in [-0.39, 0.29) is 12.4 Å². The van der Waals surface area contributed by atoms with E-state index in [9.17, 15) is 4.79 Å². The zero-order valence-electron chi connectivity index (χ0n) is 10.0. The van der Waals surface area contributed by atoms with E-state index in [2.05, 4.69) is 23.7 Å². The summed E-state index contributed by atoms with van der Waals surface area (Å²) < 4.78 is 0. The van der Waals surface area contributed by atoms with Crippen molar-refractivity contribution in [1.82, 2.24) is 10.2 Å². The summed E-state index contributed by atoms with van der Waals surface area (Å²) in [6, 6.07) is 4.56. The van der Waals surface area contributed by atoms with Gasteiger partial charge in [0.1, 0.15) is 0 Å². The predicted octanol–water partition coefficient (Wildman–Crippen LogP) is 1.92. The summed E-state index contributed by atoms with van der Waals surface area (Å²) in [5.41, 5.74) is 0. The number of amides is 1. The Morgan fingerprint density at radius 1 is 1.65 bits per heavy atom. The van der Waals surface area contributed by atoms with Crippen molar-refractivity contribution in [2.75, 3.05) is 19.6 Å². The molecule has 1 aromatic rings. The molecule has 1 N–H and O–H groups in total. The van der Waals surface area contributed by atoms with Gasteiger partial charge in [-0.1, -0.05) is 6.07 Å². The van der Waals surface area contributed by atoms with Gasteiger partial charge in [0.2, 0.25) is 5.91 Å². The fraction of sp³-hybridized carbons (Fsp3) is 0.583. The Morgan fingerprint density at radius 2 is 2.47 bits per heavy atom. The van der Waals surface area contributed by atoms with Crippen molar-refractivity contribution < 1.29 is 4.79 Å². The van der Waals surface area contributed by atoms with Crippen molar-refractivity contribution in [2.24, 2.45) is 0 Å². The van der Waals surface area contributed by atoms with Crippen LogP contribution in [0.15, 0.2) is 17.5 Å². The van der Waals surface area contributed by atoms with Crippen molar-refractivity contribution in [1.29, 1.82) is 0 Å². The highest BCUT2D eigenvalue weighted by Gasteiger charge is 2.19. The molecule has 1 fully saturated rings. The zero-order valence-corrected chi connectivity index (χ0v) is 11.6. The highest BCUT2D eigenvalue weighted by Crippen LogP contribution is 2.12. The number of piperazine rings is 1. The van der Waals surface area contributed by atoms with Crippen LogP contribution in [0.1, 0.15) is 18.2 Å². The number of hydrogen-bond acceptors (Lipinski definition) is 3. The van der Waals surface area contributed by atoms with Crippen LogP contribution in [0.3, 0.4) is 0 Å². The minimum atomic E-state index is 0. The normalized spacial score (nSPS) is 19.8. The third-order valence-electron chi connectivity index (χ3n) is 2.89. The smallest absolute Gasteiger partial charge is 0.223 e. The lowest BCUT2D eigenvalue weighted by Crippen LogP contribution is -2.51. The summed E-state index contributed by atoms with van der Waals surface area (Å²) in [6.07, 6.45) is 1.53. The van der Waals surface area contributed by atoms with Gasteiger partial charge < -0.3 is 10.2 Å². The maximum absolute atomic E-state index is 11.9. The largest absolute Gasteiger partial charge is 0.340 e. The first-order valence-electron chi connectivity index (χ1n) is 5.79. The molecule has 0 aromatic carbocycles. The minimum absolute atomic E-state index is 0. The fourth-order valence-corrected chi connectivity index (χ4v) is 2.71. The Kier molecular flexibility index (Phi) is 5.95. The Bertz CT molecular complexity index is 342. The zero-order chi connectivity index (χ0) is 11.4. The monoisotopic (exact) mass is 274 g/mol. The first-order chi connectivity index (χ1) is 7.75. The van der Waals surface area contributed by atoms with Gasteiger partial charge in [0, 0.05) is 37.0 Å². The number of halogens is 1. The Balaban J connectivity index is 0.00000144. The topological polar surface area (TPSA) is 32.3 Å². The van der Waals surface area contributed by atoms with E-state index >= 15 is 0 Å². The van der Waals surface area contributed by atoms with E-state index in [0.29, 0.717) is 18.4 Å². The van der Waals surface area contributed by atoms with Crippen molar-refractivity contribution in [2.45, 2.75) is 25.8 Å². The average Bonchev–Trinajstić information content (AvgIpc) is 2.78. The molecule has 1 amide bonds. The number of hydrogen-bond donors (Lipinski definition) is 1. The number of carbonyl (C=O) groups excluding carboxylic acids is 1. The fourth-order valence-electron chi connectivity index (χ4n) is 2.00. The third-order valence-corrected chi connectivity index (χ3v) is 3.82. The van der Waals surface area contributed by atoms with Crippen LogP contribution >= 0.6 is 23.7 Å². The molecule has 1 aromatic heterocycles. The second-order valence-electron chi connectivity index (χ2n) is 4.27. The van der Waals surface area contributed by atoms with Gasteiger partial charge in [-0.2, -0.15) is 0 Å². The van der Waals surface area contributed by atoms with Crippen LogP contribution in [0.2, 0.25) is 0 Å². The molecule has 0 spiro atoms. The van der Waals surface area contributed by atoms with Gasteiger partial charge >= 0.3 is 0 Å². The van der Waals surface area contributed by atoms with Crippen molar-refractivity contribution in [3.63, 3.8) is 0 Å². The van der Waals surface area contributed by atoms with E-state index in [0.717, 1.165) is 26.1 Å². The van der Waals surface area contributed by atoms with E-state index in [1.165, 1.54) is 4.88 Å². The highest BCUT2D eigenvalue weighted by molar-refractivity contribution is 7.09. The van der Waals surface area contributed by atoms with Crippen LogP contribution in [0.25, 0.3) is 0 Å². The van der Waals surface area contributed by atoms with Crippen LogP contribution < -0.4 is 5.32 Å². The van der Waals surface area contributed by atoms with E-state index in [1.807, 2.05) is 11.0 Å². The molecule has 2 heterocycles. The lowest BCUT2D eigenvalue weighted by molar-refractivity contribution is -0.132. The van der Waals surface area contributed by atoms with Crippen molar-refractivity contribution in [3.8, 4) is 0 Å². The molecule has 0 bridgehead atoms. The summed E-state index contributed by atoms with van der Waals surface area (Å²) in [5.74, 6) is 0.293. The van der Waals surface area contributed by atoms with Gasteiger partial charge in [-0.05, 0) is 24.8 Å². The number of carbonyl (C=O) groups is 1. The number of aryl methyl sites for hydroxylation is 1. The van der Waals surface area contributed by atoms with Crippen molar-refractivity contribution in [3.05, 3.63) is 22.4 Å². The second-order valence-corrected chi connectivity index (χ2v) is 5.31. The molecule has 96 valence electrons. The van der Waals surface area contributed by atoms with Crippen LogP contribution in [-0.2, 0) is 11.2 Å². The highest BCUT2D eigenvalue weighted by atomic mass is 35.5. The molecule has 17 heavy (non-hydrogen) atoms. The predicted molar refractivity (Wildman–Crippen MR) is 73.9 cm³/mol. The van der Waals surface area contributed by atoms with Crippen LogP contribution in [0.4, 0.5) is 0 Å². The summed E-state index contributed by atoms with van der Waals surface area (Å²) in [5, 5.41) is 5.41. The first-order valence-corrected chi connectivity index (χ1v) is 6.67. The quantitative estimate of drug-likeness (QED) is 0.913. The molecule has 0 saturated carbocycles. The van der Waals surface area contributed by atoms with Crippen LogP contribution in [-0.4, -0.2) is 36.5 Å². The Hall–Kier alpha value is -0.580. The van der Waals surface area contributed by atoms with Gasteiger partial charge in [-0.25, -0.2) is 0 Å². The van der Waals surface area contributed by atoms with E-state index < -0.39 is 0 Å². The molecule has 0 radical (unpaired) electrons. The number of thiophene rings is 1. The van der Waals surface area contributed by atoms with Gasteiger partial charge in [0.15, 0.2) is 0 Å².